The summed E-state index contributed by atoms with van der Waals surface area (Å²) in [5.41, 5.74) is 0.930. The van der Waals surface area contributed by atoms with Gasteiger partial charge in [0.25, 0.3) is 0 Å². The lowest BCUT2D eigenvalue weighted by Crippen LogP contribution is -2.23. The molecule has 0 heterocycles. The fourth-order valence-electron chi connectivity index (χ4n) is 1.47. The molecule has 0 atom stereocenters. The van der Waals surface area contributed by atoms with E-state index in [0.717, 1.165) is 12.0 Å². The SMILES string of the molecule is O=CN(CCCC(=O)O)Cc1cccc(Cl)c1. The summed E-state index contributed by atoms with van der Waals surface area (Å²) in [6.07, 6.45) is 1.25. The van der Waals surface area contributed by atoms with Crippen molar-refractivity contribution >= 4 is 24.0 Å². The Morgan fingerprint density at radius 1 is 1.47 bits per heavy atom. The predicted octanol–water partition coefficient (Wildman–Crippen LogP) is 2.16. The maximum Gasteiger partial charge on any atom is 0.303 e. The lowest BCUT2D eigenvalue weighted by atomic mass is 10.2. The number of rotatable bonds is 7. The number of amides is 1. The van der Waals surface area contributed by atoms with E-state index in [1.807, 2.05) is 12.1 Å². The van der Waals surface area contributed by atoms with Gasteiger partial charge in [-0.25, -0.2) is 0 Å². The van der Waals surface area contributed by atoms with Crippen LogP contribution in [0.4, 0.5) is 0 Å². The molecule has 0 aliphatic heterocycles. The molecule has 17 heavy (non-hydrogen) atoms. The standard InChI is InChI=1S/C12H14ClNO3/c13-11-4-1-3-10(7-11)8-14(9-15)6-2-5-12(16)17/h1,3-4,7,9H,2,5-6,8H2,(H,16,17). The minimum Gasteiger partial charge on any atom is -0.481 e. The van der Waals surface area contributed by atoms with Crippen LogP contribution in [0.3, 0.4) is 0 Å². The van der Waals surface area contributed by atoms with E-state index in [0.29, 0.717) is 24.5 Å². The summed E-state index contributed by atoms with van der Waals surface area (Å²) >= 11 is 5.83. The summed E-state index contributed by atoms with van der Waals surface area (Å²) in [5, 5.41) is 9.12. The molecule has 5 heteroatoms. The first-order valence-corrected chi connectivity index (χ1v) is 5.65. The van der Waals surface area contributed by atoms with Gasteiger partial charge in [0.05, 0.1) is 0 Å². The van der Waals surface area contributed by atoms with Gasteiger partial charge in [-0.05, 0) is 24.1 Å². The molecule has 0 saturated heterocycles. The smallest absolute Gasteiger partial charge is 0.303 e. The molecule has 0 saturated carbocycles. The first kappa shape index (κ1) is 13.5. The fourth-order valence-corrected chi connectivity index (χ4v) is 1.69. The normalized spacial score (nSPS) is 9.94. The third-order valence-electron chi connectivity index (χ3n) is 2.26. The van der Waals surface area contributed by atoms with E-state index in [9.17, 15) is 9.59 Å². The van der Waals surface area contributed by atoms with Gasteiger partial charge in [-0.1, -0.05) is 23.7 Å². The number of halogens is 1. The number of carbonyl (C=O) groups is 2. The van der Waals surface area contributed by atoms with Crippen LogP contribution in [-0.2, 0) is 16.1 Å². The molecule has 0 aliphatic rings. The van der Waals surface area contributed by atoms with Crippen LogP contribution in [0, 0.1) is 0 Å². The minimum absolute atomic E-state index is 0.0693. The van der Waals surface area contributed by atoms with E-state index in [-0.39, 0.29) is 6.42 Å². The predicted molar refractivity (Wildman–Crippen MR) is 64.8 cm³/mol. The highest BCUT2D eigenvalue weighted by Gasteiger charge is 2.05. The molecular weight excluding hydrogens is 242 g/mol. The summed E-state index contributed by atoms with van der Waals surface area (Å²) in [6.45, 7) is 0.881. The van der Waals surface area contributed by atoms with E-state index in [2.05, 4.69) is 0 Å². The molecule has 0 aliphatic carbocycles. The summed E-state index contributed by atoms with van der Waals surface area (Å²) in [7, 11) is 0. The van der Waals surface area contributed by atoms with E-state index in [4.69, 9.17) is 16.7 Å². The summed E-state index contributed by atoms with van der Waals surface area (Å²) in [4.78, 5) is 22.7. The van der Waals surface area contributed by atoms with E-state index >= 15 is 0 Å². The molecule has 1 rings (SSSR count). The third-order valence-corrected chi connectivity index (χ3v) is 2.49. The molecule has 0 aromatic heterocycles. The number of aliphatic carboxylic acids is 1. The first-order chi connectivity index (χ1) is 8.11. The van der Waals surface area contributed by atoms with Crippen LogP contribution >= 0.6 is 11.6 Å². The lowest BCUT2D eigenvalue weighted by molar-refractivity contribution is -0.137. The topological polar surface area (TPSA) is 57.6 Å². The van der Waals surface area contributed by atoms with Gasteiger partial charge in [0.15, 0.2) is 0 Å². The highest BCUT2D eigenvalue weighted by Crippen LogP contribution is 2.12. The van der Waals surface area contributed by atoms with Gasteiger partial charge < -0.3 is 10.0 Å². The molecule has 0 radical (unpaired) electrons. The zero-order chi connectivity index (χ0) is 12.7. The average molecular weight is 256 g/mol. The van der Waals surface area contributed by atoms with Crippen LogP contribution in [-0.4, -0.2) is 28.9 Å². The van der Waals surface area contributed by atoms with Crippen molar-refractivity contribution in [3.8, 4) is 0 Å². The van der Waals surface area contributed by atoms with Crippen LogP contribution in [0.1, 0.15) is 18.4 Å². The lowest BCUT2D eigenvalue weighted by Gasteiger charge is -2.16. The molecule has 1 amide bonds. The van der Waals surface area contributed by atoms with Crippen LogP contribution in [0.15, 0.2) is 24.3 Å². The number of hydrogen-bond donors (Lipinski definition) is 1. The van der Waals surface area contributed by atoms with E-state index < -0.39 is 5.97 Å². The number of benzene rings is 1. The molecule has 0 bridgehead atoms. The molecule has 0 unspecified atom stereocenters. The Bertz CT molecular complexity index is 395. The van der Waals surface area contributed by atoms with Crippen molar-refractivity contribution < 1.29 is 14.7 Å². The Morgan fingerprint density at radius 3 is 2.82 bits per heavy atom. The maximum absolute atomic E-state index is 10.8. The van der Waals surface area contributed by atoms with E-state index in [1.165, 1.54) is 4.90 Å². The Balaban J connectivity index is 2.46. The number of hydrogen-bond acceptors (Lipinski definition) is 2. The van der Waals surface area contributed by atoms with Gasteiger partial charge >= 0.3 is 5.97 Å². The van der Waals surface area contributed by atoms with Gasteiger partial charge in [-0.15, -0.1) is 0 Å². The van der Waals surface area contributed by atoms with Crippen molar-refractivity contribution in [1.82, 2.24) is 4.90 Å². The van der Waals surface area contributed by atoms with Gasteiger partial charge in [0.2, 0.25) is 6.41 Å². The van der Waals surface area contributed by atoms with Crippen molar-refractivity contribution in [1.29, 1.82) is 0 Å². The number of carboxylic acids is 1. The quantitative estimate of drug-likeness (QED) is 0.760. The molecule has 1 aromatic rings. The van der Waals surface area contributed by atoms with Crippen molar-refractivity contribution in [3.63, 3.8) is 0 Å². The Hall–Kier alpha value is -1.55. The maximum atomic E-state index is 10.8. The van der Waals surface area contributed by atoms with Gasteiger partial charge in [0.1, 0.15) is 0 Å². The zero-order valence-electron chi connectivity index (χ0n) is 9.30. The molecule has 4 nitrogen and oxygen atoms in total. The molecule has 92 valence electrons. The molecule has 1 N–H and O–H groups in total. The van der Waals surface area contributed by atoms with Crippen LogP contribution in [0.2, 0.25) is 5.02 Å². The highest BCUT2D eigenvalue weighted by molar-refractivity contribution is 6.30. The minimum atomic E-state index is -0.849. The van der Waals surface area contributed by atoms with Crippen LogP contribution in [0.5, 0.6) is 0 Å². The summed E-state index contributed by atoms with van der Waals surface area (Å²) in [5.74, 6) is -0.849. The van der Waals surface area contributed by atoms with Crippen molar-refractivity contribution in [2.24, 2.45) is 0 Å². The highest BCUT2D eigenvalue weighted by atomic mass is 35.5. The molecule has 1 aromatic carbocycles. The summed E-state index contributed by atoms with van der Waals surface area (Å²) in [6, 6.07) is 7.24. The van der Waals surface area contributed by atoms with E-state index in [1.54, 1.807) is 12.1 Å². The second-order valence-corrected chi connectivity index (χ2v) is 4.14. The van der Waals surface area contributed by atoms with Gasteiger partial charge in [0, 0.05) is 24.5 Å². The average Bonchev–Trinajstić information content (AvgIpc) is 2.27. The second kappa shape index (κ2) is 6.91. The fraction of sp³-hybridized carbons (Fsp3) is 0.333. The van der Waals surface area contributed by atoms with Gasteiger partial charge in [-0.3, -0.25) is 9.59 Å². The van der Waals surface area contributed by atoms with Crippen LogP contribution < -0.4 is 0 Å². The van der Waals surface area contributed by atoms with Crippen molar-refractivity contribution in [3.05, 3.63) is 34.9 Å². The second-order valence-electron chi connectivity index (χ2n) is 3.70. The molecule has 0 spiro atoms. The van der Waals surface area contributed by atoms with Crippen molar-refractivity contribution in [2.45, 2.75) is 19.4 Å². The molecular formula is C12H14ClNO3. The number of carbonyl (C=O) groups excluding carboxylic acids is 1. The van der Waals surface area contributed by atoms with Crippen molar-refractivity contribution in [2.75, 3.05) is 6.54 Å². The Labute approximate surface area is 105 Å². The number of carboxylic acid groups (broad SMARTS) is 1. The van der Waals surface area contributed by atoms with Crippen LogP contribution in [0.25, 0.3) is 0 Å². The molecule has 0 fully saturated rings. The number of nitrogens with zero attached hydrogens (tertiary/aromatic N) is 1. The summed E-state index contributed by atoms with van der Waals surface area (Å²) < 4.78 is 0. The zero-order valence-corrected chi connectivity index (χ0v) is 10.1. The Morgan fingerprint density at radius 2 is 2.24 bits per heavy atom. The third kappa shape index (κ3) is 5.36. The van der Waals surface area contributed by atoms with Gasteiger partial charge in [-0.2, -0.15) is 0 Å². The Kier molecular flexibility index (Phi) is 5.49. The largest absolute Gasteiger partial charge is 0.481 e. The first-order valence-electron chi connectivity index (χ1n) is 5.27. The monoisotopic (exact) mass is 255 g/mol.